The van der Waals surface area contributed by atoms with Crippen molar-refractivity contribution < 1.29 is 9.90 Å². The average molecular weight is 259 g/mol. The standard InChI is InChI=1S/C9H11BrN2O2/c1-9(11,4-8(13)14)6-2-3-12-5-7(6)10/h2-3,5H,4,11H2,1H3,(H,13,14). The fraction of sp³-hybridized carbons (Fsp3) is 0.333. The van der Waals surface area contributed by atoms with Gasteiger partial charge in [0.15, 0.2) is 0 Å². The molecule has 0 saturated heterocycles. The predicted octanol–water partition coefficient (Wildman–Crippen LogP) is 1.49. The van der Waals surface area contributed by atoms with Crippen molar-refractivity contribution in [2.75, 3.05) is 0 Å². The van der Waals surface area contributed by atoms with Crippen LogP contribution in [0.5, 0.6) is 0 Å². The Morgan fingerprint density at radius 1 is 1.79 bits per heavy atom. The van der Waals surface area contributed by atoms with Crippen LogP contribution in [0.25, 0.3) is 0 Å². The van der Waals surface area contributed by atoms with E-state index in [0.29, 0.717) is 0 Å². The minimum absolute atomic E-state index is 0.115. The Morgan fingerprint density at radius 2 is 2.43 bits per heavy atom. The second kappa shape index (κ2) is 4.06. The number of carboxylic acid groups (broad SMARTS) is 1. The van der Waals surface area contributed by atoms with Gasteiger partial charge in [-0.3, -0.25) is 9.78 Å². The third kappa shape index (κ3) is 2.52. The Kier molecular flexibility index (Phi) is 3.23. The van der Waals surface area contributed by atoms with Gasteiger partial charge in [-0.25, -0.2) is 0 Å². The molecule has 0 spiro atoms. The highest BCUT2D eigenvalue weighted by atomic mass is 79.9. The lowest BCUT2D eigenvalue weighted by Gasteiger charge is -2.23. The molecule has 4 nitrogen and oxygen atoms in total. The molecular formula is C9H11BrN2O2. The van der Waals surface area contributed by atoms with Crippen molar-refractivity contribution in [2.45, 2.75) is 18.9 Å². The van der Waals surface area contributed by atoms with Gasteiger partial charge in [0.05, 0.1) is 6.42 Å². The maximum absolute atomic E-state index is 10.6. The minimum Gasteiger partial charge on any atom is -0.481 e. The molecule has 0 saturated carbocycles. The summed E-state index contributed by atoms with van der Waals surface area (Å²) in [5, 5.41) is 8.69. The number of carbonyl (C=O) groups is 1. The van der Waals surface area contributed by atoms with Gasteiger partial charge in [0.1, 0.15) is 0 Å². The lowest BCUT2D eigenvalue weighted by atomic mass is 9.91. The zero-order chi connectivity index (χ0) is 10.8. The summed E-state index contributed by atoms with van der Waals surface area (Å²) < 4.78 is 0.728. The van der Waals surface area contributed by atoms with Gasteiger partial charge in [-0.1, -0.05) is 0 Å². The minimum atomic E-state index is -0.918. The zero-order valence-corrected chi connectivity index (χ0v) is 9.28. The fourth-order valence-corrected chi connectivity index (χ4v) is 1.95. The zero-order valence-electron chi connectivity index (χ0n) is 7.70. The van der Waals surface area contributed by atoms with Crippen molar-refractivity contribution in [2.24, 2.45) is 5.73 Å². The second-order valence-corrected chi connectivity index (χ2v) is 4.20. The number of carboxylic acids is 1. The molecule has 0 amide bonds. The number of aliphatic carboxylic acids is 1. The number of aromatic nitrogens is 1. The highest BCUT2D eigenvalue weighted by Gasteiger charge is 2.26. The van der Waals surface area contributed by atoms with Gasteiger partial charge in [0.2, 0.25) is 0 Å². The van der Waals surface area contributed by atoms with E-state index in [9.17, 15) is 4.79 Å². The first kappa shape index (κ1) is 11.1. The summed E-state index contributed by atoms with van der Waals surface area (Å²) in [4.78, 5) is 14.5. The molecule has 14 heavy (non-hydrogen) atoms. The van der Waals surface area contributed by atoms with Gasteiger partial charge in [0, 0.05) is 22.4 Å². The van der Waals surface area contributed by atoms with Crippen LogP contribution in [0.2, 0.25) is 0 Å². The van der Waals surface area contributed by atoms with Crippen LogP contribution in [0.15, 0.2) is 22.9 Å². The molecule has 0 bridgehead atoms. The SMILES string of the molecule is CC(N)(CC(=O)O)c1ccncc1Br. The Morgan fingerprint density at radius 3 is 2.93 bits per heavy atom. The molecule has 1 rings (SSSR count). The molecule has 1 atom stereocenters. The molecule has 1 unspecified atom stereocenters. The summed E-state index contributed by atoms with van der Waals surface area (Å²) in [6.07, 6.45) is 3.07. The number of hydrogen-bond acceptors (Lipinski definition) is 3. The summed E-state index contributed by atoms with van der Waals surface area (Å²) >= 11 is 3.29. The highest BCUT2D eigenvalue weighted by Crippen LogP contribution is 2.27. The molecule has 3 N–H and O–H groups in total. The van der Waals surface area contributed by atoms with Gasteiger partial charge < -0.3 is 10.8 Å². The first-order valence-corrected chi connectivity index (χ1v) is 4.83. The van der Waals surface area contributed by atoms with Gasteiger partial charge in [0.25, 0.3) is 0 Å². The quantitative estimate of drug-likeness (QED) is 0.862. The van der Waals surface area contributed by atoms with Crippen LogP contribution in [-0.4, -0.2) is 16.1 Å². The maximum Gasteiger partial charge on any atom is 0.305 e. The second-order valence-electron chi connectivity index (χ2n) is 3.34. The summed E-state index contributed by atoms with van der Waals surface area (Å²) in [5.74, 6) is -0.918. The van der Waals surface area contributed by atoms with Gasteiger partial charge in [-0.05, 0) is 34.5 Å². The largest absolute Gasteiger partial charge is 0.481 e. The molecule has 76 valence electrons. The molecule has 0 aliphatic rings. The Balaban J connectivity index is 3.03. The van der Waals surface area contributed by atoms with Crippen molar-refractivity contribution in [3.8, 4) is 0 Å². The van der Waals surface area contributed by atoms with Crippen molar-refractivity contribution >= 4 is 21.9 Å². The molecular weight excluding hydrogens is 248 g/mol. The first-order valence-electron chi connectivity index (χ1n) is 4.04. The lowest BCUT2D eigenvalue weighted by molar-refractivity contribution is -0.138. The number of nitrogens with two attached hydrogens (primary N) is 1. The van der Waals surface area contributed by atoms with E-state index in [-0.39, 0.29) is 6.42 Å². The third-order valence-corrected chi connectivity index (χ3v) is 2.54. The summed E-state index contributed by atoms with van der Waals surface area (Å²) in [6, 6.07) is 1.72. The van der Waals surface area contributed by atoms with Gasteiger partial charge in [-0.2, -0.15) is 0 Å². The van der Waals surface area contributed by atoms with Crippen LogP contribution in [0, 0.1) is 0 Å². The Hall–Kier alpha value is -0.940. The topological polar surface area (TPSA) is 76.2 Å². The van der Waals surface area contributed by atoms with Crippen molar-refractivity contribution in [3.05, 3.63) is 28.5 Å². The average Bonchev–Trinajstić information content (AvgIpc) is 2.02. The van der Waals surface area contributed by atoms with Gasteiger partial charge >= 0.3 is 5.97 Å². The van der Waals surface area contributed by atoms with E-state index in [1.807, 2.05) is 0 Å². The molecule has 1 heterocycles. The fourth-order valence-electron chi connectivity index (χ4n) is 1.25. The molecule has 1 aromatic rings. The third-order valence-electron chi connectivity index (χ3n) is 1.91. The van der Waals surface area contributed by atoms with Crippen LogP contribution in [-0.2, 0) is 10.3 Å². The molecule has 0 aromatic carbocycles. The molecule has 0 radical (unpaired) electrons. The van der Waals surface area contributed by atoms with Crippen LogP contribution in [0.1, 0.15) is 18.9 Å². The molecule has 0 fully saturated rings. The number of pyridine rings is 1. The van der Waals surface area contributed by atoms with E-state index < -0.39 is 11.5 Å². The first-order chi connectivity index (χ1) is 6.43. The Labute approximate surface area is 90.3 Å². The lowest BCUT2D eigenvalue weighted by Crippen LogP contribution is -2.35. The van der Waals surface area contributed by atoms with E-state index in [2.05, 4.69) is 20.9 Å². The summed E-state index contributed by atoms with van der Waals surface area (Å²) in [7, 11) is 0. The van der Waals surface area contributed by atoms with E-state index >= 15 is 0 Å². The Bertz CT molecular complexity index is 352. The molecule has 0 aliphatic carbocycles. The van der Waals surface area contributed by atoms with Crippen LogP contribution < -0.4 is 5.73 Å². The van der Waals surface area contributed by atoms with E-state index in [0.717, 1.165) is 10.0 Å². The number of halogens is 1. The number of nitrogens with zero attached hydrogens (tertiary/aromatic N) is 1. The predicted molar refractivity (Wildman–Crippen MR) is 55.7 cm³/mol. The normalized spacial score (nSPS) is 14.8. The number of rotatable bonds is 3. The van der Waals surface area contributed by atoms with Gasteiger partial charge in [-0.15, -0.1) is 0 Å². The summed E-state index contributed by atoms with van der Waals surface area (Å²) in [5.41, 5.74) is 5.77. The van der Waals surface area contributed by atoms with Crippen LogP contribution in [0.3, 0.4) is 0 Å². The van der Waals surface area contributed by atoms with Crippen LogP contribution in [0.4, 0.5) is 0 Å². The van der Waals surface area contributed by atoms with Crippen molar-refractivity contribution in [1.29, 1.82) is 0 Å². The van der Waals surface area contributed by atoms with E-state index in [1.54, 1.807) is 25.4 Å². The highest BCUT2D eigenvalue weighted by molar-refractivity contribution is 9.10. The van der Waals surface area contributed by atoms with E-state index in [4.69, 9.17) is 10.8 Å². The molecule has 1 aromatic heterocycles. The molecule has 5 heteroatoms. The monoisotopic (exact) mass is 258 g/mol. The van der Waals surface area contributed by atoms with Crippen LogP contribution >= 0.6 is 15.9 Å². The van der Waals surface area contributed by atoms with Crippen molar-refractivity contribution in [3.63, 3.8) is 0 Å². The van der Waals surface area contributed by atoms with E-state index in [1.165, 1.54) is 0 Å². The molecule has 0 aliphatic heterocycles. The maximum atomic E-state index is 10.6. The smallest absolute Gasteiger partial charge is 0.305 e. The summed E-state index contributed by atoms with van der Waals surface area (Å²) in [6.45, 7) is 1.68. The number of hydrogen-bond donors (Lipinski definition) is 2. The van der Waals surface area contributed by atoms with Crippen molar-refractivity contribution in [1.82, 2.24) is 4.98 Å².